The molecule has 1 aliphatic heterocycles. The molecule has 20 heavy (non-hydrogen) atoms. The normalized spacial score (nSPS) is 22.6. The second kappa shape index (κ2) is 6.61. The summed E-state index contributed by atoms with van der Waals surface area (Å²) in [4.78, 5) is 14.0. The van der Waals surface area contributed by atoms with Crippen molar-refractivity contribution in [1.29, 1.82) is 0 Å². The molecule has 0 unspecified atom stereocenters. The van der Waals surface area contributed by atoms with Gasteiger partial charge in [0.2, 0.25) is 5.91 Å². The van der Waals surface area contributed by atoms with E-state index in [1.807, 2.05) is 30.9 Å². The summed E-state index contributed by atoms with van der Waals surface area (Å²) >= 11 is 0. The first-order chi connectivity index (χ1) is 9.56. The molecule has 1 fully saturated rings. The van der Waals surface area contributed by atoms with Crippen LogP contribution in [0.25, 0.3) is 0 Å². The molecule has 2 rings (SSSR count). The number of morpholine rings is 1. The van der Waals surface area contributed by atoms with Crippen LogP contribution in [-0.4, -0.2) is 42.7 Å². The van der Waals surface area contributed by atoms with Crippen molar-refractivity contribution < 1.29 is 14.3 Å². The number of para-hydroxylation sites is 2. The molecule has 1 aromatic rings. The summed E-state index contributed by atoms with van der Waals surface area (Å²) in [5, 5.41) is 0. The molecule has 5 heteroatoms. The van der Waals surface area contributed by atoms with E-state index in [9.17, 15) is 4.79 Å². The zero-order valence-corrected chi connectivity index (χ0v) is 12.0. The van der Waals surface area contributed by atoms with E-state index in [4.69, 9.17) is 15.2 Å². The summed E-state index contributed by atoms with van der Waals surface area (Å²) < 4.78 is 11.2. The van der Waals surface area contributed by atoms with Gasteiger partial charge in [-0.05, 0) is 26.0 Å². The summed E-state index contributed by atoms with van der Waals surface area (Å²) in [7, 11) is 0. The van der Waals surface area contributed by atoms with Gasteiger partial charge in [-0.3, -0.25) is 4.79 Å². The molecule has 2 N–H and O–H groups in total. The topological polar surface area (TPSA) is 64.8 Å². The zero-order chi connectivity index (χ0) is 14.5. The van der Waals surface area contributed by atoms with E-state index < -0.39 is 0 Å². The second-order valence-electron chi connectivity index (χ2n) is 5.19. The Balaban J connectivity index is 1.79. The van der Waals surface area contributed by atoms with Crippen molar-refractivity contribution in [3.8, 4) is 5.75 Å². The molecule has 1 saturated heterocycles. The molecular weight excluding hydrogens is 256 g/mol. The van der Waals surface area contributed by atoms with Gasteiger partial charge in [0, 0.05) is 13.1 Å². The fraction of sp³-hybridized carbons (Fsp3) is 0.533. The van der Waals surface area contributed by atoms with Crippen LogP contribution in [0.3, 0.4) is 0 Å². The lowest BCUT2D eigenvalue weighted by molar-refractivity contribution is -0.143. The van der Waals surface area contributed by atoms with Crippen LogP contribution in [0.15, 0.2) is 24.3 Å². The number of nitrogens with zero attached hydrogens (tertiary/aromatic N) is 1. The molecule has 0 saturated carbocycles. The van der Waals surface area contributed by atoms with Gasteiger partial charge in [-0.25, -0.2) is 0 Å². The molecule has 0 spiro atoms. The molecular formula is C15H22N2O3. The Hall–Kier alpha value is -1.75. The van der Waals surface area contributed by atoms with Crippen molar-refractivity contribution in [2.24, 2.45) is 0 Å². The number of anilines is 1. The SMILES string of the molecule is C[C@@H]1CN(C(=O)CCOc2ccccc2N)C[C@H](C)O1. The van der Waals surface area contributed by atoms with E-state index in [-0.39, 0.29) is 18.1 Å². The number of amides is 1. The van der Waals surface area contributed by atoms with Crippen molar-refractivity contribution in [3.05, 3.63) is 24.3 Å². The number of benzene rings is 1. The third kappa shape index (κ3) is 3.87. The molecule has 0 aliphatic carbocycles. The van der Waals surface area contributed by atoms with Crippen LogP contribution >= 0.6 is 0 Å². The number of carbonyl (C=O) groups is 1. The largest absolute Gasteiger partial charge is 0.491 e. The summed E-state index contributed by atoms with van der Waals surface area (Å²) in [6.07, 6.45) is 0.537. The highest BCUT2D eigenvalue weighted by Gasteiger charge is 2.25. The van der Waals surface area contributed by atoms with Crippen LogP contribution in [0.4, 0.5) is 5.69 Å². The Bertz CT molecular complexity index is 454. The highest BCUT2D eigenvalue weighted by Crippen LogP contribution is 2.20. The highest BCUT2D eigenvalue weighted by molar-refractivity contribution is 5.76. The molecule has 0 aromatic heterocycles. The molecule has 0 radical (unpaired) electrons. The second-order valence-corrected chi connectivity index (χ2v) is 5.19. The molecule has 1 aliphatic rings. The van der Waals surface area contributed by atoms with Gasteiger partial charge in [0.25, 0.3) is 0 Å². The average Bonchev–Trinajstić information content (AvgIpc) is 2.39. The lowest BCUT2D eigenvalue weighted by Crippen LogP contribution is -2.48. The fourth-order valence-corrected chi connectivity index (χ4v) is 2.40. The van der Waals surface area contributed by atoms with Gasteiger partial charge in [0.1, 0.15) is 5.75 Å². The van der Waals surface area contributed by atoms with E-state index in [2.05, 4.69) is 0 Å². The van der Waals surface area contributed by atoms with Crippen molar-refractivity contribution in [3.63, 3.8) is 0 Å². The number of hydrogen-bond donors (Lipinski definition) is 1. The number of rotatable bonds is 4. The van der Waals surface area contributed by atoms with Gasteiger partial charge in [-0.2, -0.15) is 0 Å². The van der Waals surface area contributed by atoms with Crippen LogP contribution in [0.5, 0.6) is 5.75 Å². The van der Waals surface area contributed by atoms with Gasteiger partial charge in [-0.15, -0.1) is 0 Å². The van der Waals surface area contributed by atoms with E-state index in [1.54, 1.807) is 12.1 Å². The molecule has 1 amide bonds. The summed E-state index contributed by atoms with van der Waals surface area (Å²) in [6.45, 7) is 5.61. The number of nitrogens with two attached hydrogens (primary N) is 1. The van der Waals surface area contributed by atoms with Gasteiger partial charge in [0.05, 0.1) is 30.9 Å². The Kier molecular flexibility index (Phi) is 4.84. The predicted octanol–water partition coefficient (Wildman–Crippen LogP) is 1.67. The van der Waals surface area contributed by atoms with Crippen LogP contribution in [0.1, 0.15) is 20.3 Å². The van der Waals surface area contributed by atoms with Crippen molar-refractivity contribution in [2.45, 2.75) is 32.5 Å². The Labute approximate surface area is 119 Å². The standard InChI is InChI=1S/C15H22N2O3/c1-11-9-17(10-12(2)20-11)15(18)7-8-19-14-6-4-3-5-13(14)16/h3-6,11-12H,7-10,16H2,1-2H3/t11-,12+. The molecule has 1 aromatic carbocycles. The average molecular weight is 278 g/mol. The van der Waals surface area contributed by atoms with E-state index in [1.165, 1.54) is 0 Å². The quantitative estimate of drug-likeness (QED) is 0.851. The summed E-state index contributed by atoms with van der Waals surface area (Å²) in [5.74, 6) is 0.727. The first-order valence-electron chi connectivity index (χ1n) is 6.97. The van der Waals surface area contributed by atoms with Crippen molar-refractivity contribution >= 4 is 11.6 Å². The third-order valence-corrected chi connectivity index (χ3v) is 3.26. The molecule has 5 nitrogen and oxygen atoms in total. The number of carbonyl (C=O) groups excluding carboxylic acids is 1. The van der Waals surface area contributed by atoms with E-state index in [0.29, 0.717) is 37.6 Å². The summed E-state index contributed by atoms with van der Waals surface area (Å²) in [6, 6.07) is 7.30. The molecule has 110 valence electrons. The maximum absolute atomic E-state index is 12.1. The Morgan fingerprint density at radius 2 is 2.00 bits per heavy atom. The number of nitrogen functional groups attached to an aromatic ring is 1. The molecule has 2 atom stereocenters. The lowest BCUT2D eigenvalue weighted by atomic mass is 10.2. The number of hydrogen-bond acceptors (Lipinski definition) is 4. The smallest absolute Gasteiger partial charge is 0.226 e. The molecule has 0 bridgehead atoms. The minimum atomic E-state index is 0.0911. The van der Waals surface area contributed by atoms with Crippen LogP contribution in [-0.2, 0) is 9.53 Å². The minimum absolute atomic E-state index is 0.0911. The van der Waals surface area contributed by atoms with Crippen molar-refractivity contribution in [2.75, 3.05) is 25.4 Å². The summed E-state index contributed by atoms with van der Waals surface area (Å²) in [5.41, 5.74) is 6.37. The lowest BCUT2D eigenvalue weighted by Gasteiger charge is -2.35. The van der Waals surface area contributed by atoms with E-state index in [0.717, 1.165) is 0 Å². The highest BCUT2D eigenvalue weighted by atomic mass is 16.5. The fourth-order valence-electron chi connectivity index (χ4n) is 2.40. The van der Waals surface area contributed by atoms with Gasteiger partial charge in [0.15, 0.2) is 0 Å². The third-order valence-electron chi connectivity index (χ3n) is 3.26. The van der Waals surface area contributed by atoms with Crippen LogP contribution in [0, 0.1) is 0 Å². The van der Waals surface area contributed by atoms with E-state index >= 15 is 0 Å². The Morgan fingerprint density at radius 3 is 2.65 bits per heavy atom. The maximum atomic E-state index is 12.1. The molecule has 1 heterocycles. The Morgan fingerprint density at radius 1 is 1.35 bits per heavy atom. The van der Waals surface area contributed by atoms with Crippen LogP contribution in [0.2, 0.25) is 0 Å². The monoisotopic (exact) mass is 278 g/mol. The van der Waals surface area contributed by atoms with Crippen LogP contribution < -0.4 is 10.5 Å². The van der Waals surface area contributed by atoms with Crippen molar-refractivity contribution in [1.82, 2.24) is 4.90 Å². The first-order valence-corrected chi connectivity index (χ1v) is 6.97. The van der Waals surface area contributed by atoms with Gasteiger partial charge in [-0.1, -0.05) is 12.1 Å². The predicted molar refractivity (Wildman–Crippen MR) is 77.6 cm³/mol. The minimum Gasteiger partial charge on any atom is -0.491 e. The zero-order valence-electron chi connectivity index (χ0n) is 12.0. The first kappa shape index (κ1) is 14.7. The number of ether oxygens (including phenoxy) is 2. The van der Waals surface area contributed by atoms with Gasteiger partial charge < -0.3 is 20.1 Å². The van der Waals surface area contributed by atoms with Gasteiger partial charge >= 0.3 is 0 Å². The maximum Gasteiger partial charge on any atom is 0.226 e.